The van der Waals surface area contributed by atoms with Gasteiger partial charge in [-0.05, 0) is 30.1 Å². The van der Waals surface area contributed by atoms with E-state index in [1.807, 2.05) is 0 Å². The molecule has 4 saturated carbocycles. The summed E-state index contributed by atoms with van der Waals surface area (Å²) in [5.74, 6) is 0.357. The van der Waals surface area contributed by atoms with E-state index < -0.39 is 6.10 Å². The Morgan fingerprint density at radius 2 is 1.35 bits per heavy atom. The summed E-state index contributed by atoms with van der Waals surface area (Å²) in [5.41, 5.74) is -0.285. The molecule has 0 bridgehead atoms. The standard InChI is InChI=1S/C20H30O3/c21-15-11-14-16(22)12-19-9-7-5-3-1-2-4-6-8-10-20(14,19)18(15)17(23)13-19/h14-15,18,21H,1-13H2/t14-,15?,18+,19-,20-/m0/s1. The zero-order valence-corrected chi connectivity index (χ0v) is 14.2. The SMILES string of the molecule is O=C1C[C@]23CCCCCCCCCC[C@@]24[C@H]1CC(O)[C@@H]4C(=O)C3. The van der Waals surface area contributed by atoms with Crippen LogP contribution in [-0.4, -0.2) is 22.8 Å². The smallest absolute Gasteiger partial charge is 0.139 e. The van der Waals surface area contributed by atoms with Crippen molar-refractivity contribution in [2.24, 2.45) is 22.7 Å². The van der Waals surface area contributed by atoms with Crippen LogP contribution in [-0.2, 0) is 9.59 Å². The molecule has 5 atom stereocenters. The summed E-state index contributed by atoms with van der Waals surface area (Å²) in [4.78, 5) is 25.5. The van der Waals surface area contributed by atoms with E-state index in [2.05, 4.69) is 0 Å². The lowest BCUT2D eigenvalue weighted by molar-refractivity contribution is -0.125. The number of aliphatic hydroxyl groups excluding tert-OH is 1. The van der Waals surface area contributed by atoms with Crippen LogP contribution in [0.1, 0.15) is 83.5 Å². The van der Waals surface area contributed by atoms with Crippen molar-refractivity contribution in [2.45, 2.75) is 89.6 Å². The highest BCUT2D eigenvalue weighted by molar-refractivity contribution is 5.96. The Balaban J connectivity index is 1.72. The molecule has 3 nitrogen and oxygen atoms in total. The van der Waals surface area contributed by atoms with Gasteiger partial charge in [-0.3, -0.25) is 9.59 Å². The van der Waals surface area contributed by atoms with Gasteiger partial charge in [0.2, 0.25) is 0 Å². The predicted molar refractivity (Wildman–Crippen MR) is 87.9 cm³/mol. The van der Waals surface area contributed by atoms with Crippen LogP contribution in [0.3, 0.4) is 0 Å². The first-order valence-corrected chi connectivity index (χ1v) is 9.84. The average molecular weight is 318 g/mol. The van der Waals surface area contributed by atoms with Crippen molar-refractivity contribution in [3.8, 4) is 0 Å². The number of ketones is 2. The van der Waals surface area contributed by atoms with Gasteiger partial charge in [-0.15, -0.1) is 0 Å². The Morgan fingerprint density at radius 3 is 2.04 bits per heavy atom. The molecule has 4 aliphatic carbocycles. The highest BCUT2D eigenvalue weighted by Crippen LogP contribution is 2.74. The fourth-order valence-corrected chi connectivity index (χ4v) is 7.01. The number of aliphatic hydroxyl groups is 1. The highest BCUT2D eigenvalue weighted by atomic mass is 16.3. The Labute approximate surface area is 139 Å². The first kappa shape index (κ1) is 15.8. The molecule has 0 aromatic heterocycles. The molecule has 0 radical (unpaired) electrons. The van der Waals surface area contributed by atoms with E-state index in [1.54, 1.807) is 0 Å². The summed E-state index contributed by atoms with van der Waals surface area (Å²) in [6.07, 6.45) is 13.2. The lowest BCUT2D eigenvalue weighted by Gasteiger charge is -2.43. The van der Waals surface area contributed by atoms with Crippen molar-refractivity contribution in [2.75, 3.05) is 0 Å². The molecule has 0 saturated heterocycles. The lowest BCUT2D eigenvalue weighted by Crippen LogP contribution is -2.40. The summed E-state index contributed by atoms with van der Waals surface area (Å²) in [6.45, 7) is 0. The second-order valence-electron chi connectivity index (χ2n) is 8.77. The summed E-state index contributed by atoms with van der Waals surface area (Å²) in [7, 11) is 0. The van der Waals surface area contributed by atoms with E-state index in [-0.39, 0.29) is 28.4 Å². The van der Waals surface area contributed by atoms with E-state index in [1.165, 1.54) is 38.5 Å². The first-order chi connectivity index (χ1) is 11.1. The van der Waals surface area contributed by atoms with Gasteiger partial charge in [-0.2, -0.15) is 0 Å². The molecule has 1 spiro atoms. The van der Waals surface area contributed by atoms with Crippen molar-refractivity contribution >= 4 is 11.6 Å². The number of hydrogen-bond acceptors (Lipinski definition) is 3. The molecule has 1 N–H and O–H groups in total. The molecule has 23 heavy (non-hydrogen) atoms. The Bertz CT molecular complexity index is 513. The van der Waals surface area contributed by atoms with Crippen LogP contribution >= 0.6 is 0 Å². The zero-order valence-electron chi connectivity index (χ0n) is 14.2. The molecule has 0 amide bonds. The minimum absolute atomic E-state index is 0.0307. The summed E-state index contributed by atoms with van der Waals surface area (Å²) in [6, 6.07) is 0. The van der Waals surface area contributed by atoms with Crippen molar-refractivity contribution in [1.29, 1.82) is 0 Å². The number of carbonyl (C=O) groups is 2. The summed E-state index contributed by atoms with van der Waals surface area (Å²) in [5, 5.41) is 10.6. The van der Waals surface area contributed by atoms with E-state index in [0.717, 1.165) is 25.7 Å². The predicted octanol–water partition coefficient (Wildman–Crippen LogP) is 3.82. The van der Waals surface area contributed by atoms with Crippen LogP contribution < -0.4 is 0 Å². The van der Waals surface area contributed by atoms with Gasteiger partial charge >= 0.3 is 0 Å². The van der Waals surface area contributed by atoms with E-state index in [9.17, 15) is 14.7 Å². The highest BCUT2D eigenvalue weighted by Gasteiger charge is 2.75. The molecule has 0 aromatic rings. The Morgan fingerprint density at radius 1 is 0.783 bits per heavy atom. The monoisotopic (exact) mass is 318 g/mol. The van der Waals surface area contributed by atoms with Gasteiger partial charge in [0.25, 0.3) is 0 Å². The summed E-state index contributed by atoms with van der Waals surface area (Å²) >= 11 is 0. The largest absolute Gasteiger partial charge is 0.392 e. The lowest BCUT2D eigenvalue weighted by atomic mass is 9.59. The summed E-state index contributed by atoms with van der Waals surface area (Å²) < 4.78 is 0. The zero-order chi connectivity index (χ0) is 16.1. The maximum Gasteiger partial charge on any atom is 0.139 e. The minimum Gasteiger partial charge on any atom is -0.392 e. The molecule has 4 aliphatic rings. The van der Waals surface area contributed by atoms with Crippen LogP contribution in [0.15, 0.2) is 0 Å². The van der Waals surface area contributed by atoms with Crippen LogP contribution in [0.4, 0.5) is 0 Å². The molecule has 0 heterocycles. The van der Waals surface area contributed by atoms with Crippen LogP contribution in [0.5, 0.6) is 0 Å². The number of hydrogen-bond donors (Lipinski definition) is 1. The van der Waals surface area contributed by atoms with Crippen LogP contribution in [0.25, 0.3) is 0 Å². The van der Waals surface area contributed by atoms with Crippen molar-refractivity contribution in [1.82, 2.24) is 0 Å². The topological polar surface area (TPSA) is 54.4 Å². The third kappa shape index (κ3) is 2.11. The second kappa shape index (κ2) is 5.68. The molecule has 4 rings (SSSR count). The quantitative estimate of drug-likeness (QED) is 0.739. The molecule has 0 aromatic carbocycles. The van der Waals surface area contributed by atoms with Gasteiger partial charge < -0.3 is 5.11 Å². The Hall–Kier alpha value is -0.700. The van der Waals surface area contributed by atoms with E-state index in [4.69, 9.17) is 0 Å². The van der Waals surface area contributed by atoms with Gasteiger partial charge in [-0.25, -0.2) is 0 Å². The van der Waals surface area contributed by atoms with Crippen molar-refractivity contribution in [3.05, 3.63) is 0 Å². The molecule has 3 heteroatoms. The van der Waals surface area contributed by atoms with Gasteiger partial charge in [0, 0.05) is 18.8 Å². The minimum atomic E-state index is -0.563. The van der Waals surface area contributed by atoms with Gasteiger partial charge in [0.05, 0.1) is 12.0 Å². The van der Waals surface area contributed by atoms with Crippen molar-refractivity contribution in [3.63, 3.8) is 0 Å². The fourth-order valence-electron chi connectivity index (χ4n) is 7.01. The second-order valence-corrected chi connectivity index (χ2v) is 8.77. The van der Waals surface area contributed by atoms with Gasteiger partial charge in [0.15, 0.2) is 0 Å². The molecule has 0 aliphatic heterocycles. The number of carbonyl (C=O) groups excluding carboxylic acids is 2. The Kier molecular flexibility index (Phi) is 3.91. The third-order valence-corrected chi connectivity index (χ3v) is 7.78. The molecule has 128 valence electrons. The molecule has 4 fully saturated rings. The molecule has 1 unspecified atom stereocenters. The first-order valence-electron chi connectivity index (χ1n) is 9.84. The molecular formula is C20H30O3. The van der Waals surface area contributed by atoms with Gasteiger partial charge in [-0.1, -0.05) is 51.4 Å². The van der Waals surface area contributed by atoms with E-state index in [0.29, 0.717) is 25.0 Å². The number of rotatable bonds is 0. The molecular weight excluding hydrogens is 288 g/mol. The average Bonchev–Trinajstić information content (AvgIpc) is 3.01. The van der Waals surface area contributed by atoms with Crippen molar-refractivity contribution < 1.29 is 14.7 Å². The van der Waals surface area contributed by atoms with E-state index >= 15 is 0 Å². The maximum atomic E-state index is 12.8. The third-order valence-electron chi connectivity index (χ3n) is 7.78. The van der Waals surface area contributed by atoms with Gasteiger partial charge in [0.1, 0.15) is 11.6 Å². The normalized spacial score (nSPS) is 47.8. The van der Waals surface area contributed by atoms with Crippen LogP contribution in [0, 0.1) is 22.7 Å². The van der Waals surface area contributed by atoms with Crippen LogP contribution in [0.2, 0.25) is 0 Å². The fraction of sp³-hybridized carbons (Fsp3) is 0.900. The maximum absolute atomic E-state index is 12.8. The number of Topliss-reactive ketones (excluding diaryl/α,β-unsaturated/α-hetero) is 2.